The monoisotopic (exact) mass is 285 g/mol. The van der Waals surface area contributed by atoms with Gasteiger partial charge in [-0.3, -0.25) is 4.90 Å². The van der Waals surface area contributed by atoms with E-state index in [4.69, 9.17) is 24.5 Å². The molecule has 0 unspecified atom stereocenters. The number of hydrogen-bond acceptors (Lipinski definition) is 4. The van der Waals surface area contributed by atoms with Gasteiger partial charge in [0.15, 0.2) is 0 Å². The van der Waals surface area contributed by atoms with Crippen molar-refractivity contribution in [3.63, 3.8) is 0 Å². The molecule has 0 amide bonds. The maximum absolute atomic E-state index is 12.6. The third-order valence-corrected chi connectivity index (χ3v) is 2.61. The second-order valence-electron chi connectivity index (χ2n) is 4.13. The van der Waals surface area contributed by atoms with Gasteiger partial charge in [0.2, 0.25) is 0 Å². The van der Waals surface area contributed by atoms with Crippen LogP contribution in [0.1, 0.15) is 5.56 Å². The van der Waals surface area contributed by atoms with Gasteiger partial charge in [0.25, 0.3) is 0 Å². The van der Waals surface area contributed by atoms with Crippen molar-refractivity contribution in [2.75, 3.05) is 26.3 Å². The summed E-state index contributed by atoms with van der Waals surface area (Å²) < 4.78 is 17.9. The van der Waals surface area contributed by atoms with Crippen LogP contribution in [0.3, 0.4) is 0 Å². The Morgan fingerprint density at radius 1 is 1.10 bits per heavy atom. The van der Waals surface area contributed by atoms with Gasteiger partial charge in [-0.15, -0.1) is 0 Å². The Morgan fingerprint density at radius 3 is 2.05 bits per heavy atom. The Hall–Kier alpha value is -1.99. The van der Waals surface area contributed by atoms with Crippen LogP contribution in [-0.4, -0.2) is 53.4 Å². The number of hydrogen-bond donors (Lipinski definition) is 2. The molecule has 6 nitrogen and oxygen atoms in total. The predicted octanol–water partition coefficient (Wildman–Crippen LogP) is 0.814. The van der Waals surface area contributed by atoms with E-state index in [1.807, 2.05) is 12.1 Å². The number of ether oxygens (including phenoxy) is 1. The molecule has 110 valence electrons. The highest BCUT2D eigenvalue weighted by atomic mass is 19.1. The van der Waals surface area contributed by atoms with Gasteiger partial charge in [-0.25, -0.2) is 14.0 Å². The minimum absolute atomic E-state index is 0.171. The fourth-order valence-electron chi connectivity index (χ4n) is 1.61. The van der Waals surface area contributed by atoms with E-state index in [1.54, 1.807) is 0 Å². The standard InChI is InChI=1S/C11H14FNO.C2H2O4/c12-11-3-1-10(2-4-11)9-13-5-7-14-8-6-13;3-1(4)2(5)6/h1-4H,5-9H2;(H,3,4)(H,5,6). The summed E-state index contributed by atoms with van der Waals surface area (Å²) in [5.74, 6) is -3.82. The van der Waals surface area contributed by atoms with Gasteiger partial charge in [0, 0.05) is 19.6 Å². The van der Waals surface area contributed by atoms with Gasteiger partial charge < -0.3 is 14.9 Å². The van der Waals surface area contributed by atoms with Gasteiger partial charge in [-0.05, 0) is 17.7 Å². The Labute approximate surface area is 115 Å². The molecule has 0 spiro atoms. The highest BCUT2D eigenvalue weighted by Crippen LogP contribution is 2.07. The maximum atomic E-state index is 12.6. The summed E-state index contributed by atoms with van der Waals surface area (Å²) in [5.41, 5.74) is 1.16. The zero-order chi connectivity index (χ0) is 15.0. The fraction of sp³-hybridized carbons (Fsp3) is 0.385. The molecule has 0 aliphatic carbocycles. The van der Waals surface area contributed by atoms with E-state index < -0.39 is 11.9 Å². The van der Waals surface area contributed by atoms with Crippen LogP contribution in [0.4, 0.5) is 4.39 Å². The Kier molecular flexibility index (Phi) is 6.61. The summed E-state index contributed by atoms with van der Waals surface area (Å²) >= 11 is 0. The highest BCUT2D eigenvalue weighted by molar-refractivity contribution is 6.27. The summed E-state index contributed by atoms with van der Waals surface area (Å²) in [7, 11) is 0. The molecule has 1 aromatic carbocycles. The summed E-state index contributed by atoms with van der Waals surface area (Å²) in [6.45, 7) is 4.45. The second-order valence-corrected chi connectivity index (χ2v) is 4.13. The van der Waals surface area contributed by atoms with Crippen LogP contribution in [0.5, 0.6) is 0 Å². The quantitative estimate of drug-likeness (QED) is 0.782. The maximum Gasteiger partial charge on any atom is 0.414 e. The molecule has 1 aliphatic rings. The lowest BCUT2D eigenvalue weighted by molar-refractivity contribution is -0.159. The van der Waals surface area contributed by atoms with Crippen molar-refractivity contribution >= 4 is 11.9 Å². The normalized spacial score (nSPS) is 15.1. The van der Waals surface area contributed by atoms with Crippen molar-refractivity contribution in [1.82, 2.24) is 4.90 Å². The molecule has 2 rings (SSSR count). The molecule has 0 radical (unpaired) electrons. The van der Waals surface area contributed by atoms with Gasteiger partial charge in [0.05, 0.1) is 13.2 Å². The molecule has 1 aliphatic heterocycles. The minimum atomic E-state index is -1.82. The molecular weight excluding hydrogens is 269 g/mol. The van der Waals surface area contributed by atoms with Crippen LogP contribution in [0.2, 0.25) is 0 Å². The molecular formula is C13H16FNO5. The summed E-state index contributed by atoms with van der Waals surface area (Å²) in [6.07, 6.45) is 0. The summed E-state index contributed by atoms with van der Waals surface area (Å²) in [4.78, 5) is 20.5. The van der Waals surface area contributed by atoms with E-state index in [0.29, 0.717) is 0 Å². The molecule has 0 saturated carbocycles. The van der Waals surface area contributed by atoms with E-state index in [2.05, 4.69) is 4.90 Å². The number of nitrogens with zero attached hydrogens (tertiary/aromatic N) is 1. The van der Waals surface area contributed by atoms with Crippen LogP contribution in [0, 0.1) is 5.82 Å². The number of rotatable bonds is 2. The number of aliphatic carboxylic acids is 2. The molecule has 1 heterocycles. The largest absolute Gasteiger partial charge is 0.473 e. The highest BCUT2D eigenvalue weighted by Gasteiger charge is 2.10. The molecule has 0 aromatic heterocycles. The van der Waals surface area contributed by atoms with Crippen molar-refractivity contribution in [1.29, 1.82) is 0 Å². The van der Waals surface area contributed by atoms with E-state index in [0.717, 1.165) is 38.4 Å². The molecule has 1 fully saturated rings. The Morgan fingerprint density at radius 2 is 1.60 bits per heavy atom. The van der Waals surface area contributed by atoms with Crippen LogP contribution < -0.4 is 0 Å². The van der Waals surface area contributed by atoms with E-state index in [-0.39, 0.29) is 5.82 Å². The molecule has 1 saturated heterocycles. The Balaban J connectivity index is 0.000000286. The fourth-order valence-corrected chi connectivity index (χ4v) is 1.61. The molecule has 20 heavy (non-hydrogen) atoms. The van der Waals surface area contributed by atoms with Crippen molar-refractivity contribution in [3.05, 3.63) is 35.6 Å². The first-order chi connectivity index (χ1) is 9.49. The first kappa shape index (κ1) is 16.1. The van der Waals surface area contributed by atoms with E-state index in [1.165, 1.54) is 12.1 Å². The average molecular weight is 285 g/mol. The molecule has 0 atom stereocenters. The lowest BCUT2D eigenvalue weighted by Crippen LogP contribution is -2.35. The Bertz CT molecular complexity index is 431. The van der Waals surface area contributed by atoms with Crippen LogP contribution in [0.25, 0.3) is 0 Å². The lowest BCUT2D eigenvalue weighted by atomic mass is 10.2. The number of carboxylic acid groups (broad SMARTS) is 2. The first-order valence-electron chi connectivity index (χ1n) is 6.00. The third-order valence-electron chi connectivity index (χ3n) is 2.61. The van der Waals surface area contributed by atoms with Crippen molar-refractivity contribution < 1.29 is 28.9 Å². The minimum Gasteiger partial charge on any atom is -0.473 e. The van der Waals surface area contributed by atoms with E-state index in [9.17, 15) is 4.39 Å². The van der Waals surface area contributed by atoms with Crippen molar-refractivity contribution in [3.8, 4) is 0 Å². The van der Waals surface area contributed by atoms with Crippen molar-refractivity contribution in [2.24, 2.45) is 0 Å². The lowest BCUT2D eigenvalue weighted by Gasteiger charge is -2.26. The number of carbonyl (C=O) groups is 2. The van der Waals surface area contributed by atoms with Crippen molar-refractivity contribution in [2.45, 2.75) is 6.54 Å². The first-order valence-corrected chi connectivity index (χ1v) is 6.00. The second kappa shape index (κ2) is 8.23. The van der Waals surface area contributed by atoms with Gasteiger partial charge in [0.1, 0.15) is 5.82 Å². The molecule has 2 N–H and O–H groups in total. The molecule has 0 bridgehead atoms. The summed E-state index contributed by atoms with van der Waals surface area (Å²) in [5, 5.41) is 14.8. The summed E-state index contributed by atoms with van der Waals surface area (Å²) in [6, 6.07) is 6.70. The van der Waals surface area contributed by atoms with Gasteiger partial charge in [-0.2, -0.15) is 0 Å². The predicted molar refractivity (Wildman–Crippen MR) is 67.8 cm³/mol. The van der Waals surface area contributed by atoms with Crippen LogP contribution in [0.15, 0.2) is 24.3 Å². The topological polar surface area (TPSA) is 87.1 Å². The van der Waals surface area contributed by atoms with Gasteiger partial charge >= 0.3 is 11.9 Å². The number of halogens is 1. The molecule has 7 heteroatoms. The molecule has 1 aromatic rings. The van der Waals surface area contributed by atoms with E-state index >= 15 is 0 Å². The average Bonchev–Trinajstić information content (AvgIpc) is 2.43. The number of carboxylic acids is 2. The van der Waals surface area contributed by atoms with Gasteiger partial charge in [-0.1, -0.05) is 12.1 Å². The third kappa shape index (κ3) is 6.26. The van der Waals surface area contributed by atoms with Crippen LogP contribution >= 0.6 is 0 Å². The number of morpholine rings is 1. The zero-order valence-corrected chi connectivity index (χ0v) is 10.8. The smallest absolute Gasteiger partial charge is 0.414 e. The zero-order valence-electron chi connectivity index (χ0n) is 10.8. The SMILES string of the molecule is Fc1ccc(CN2CCOCC2)cc1.O=C(O)C(=O)O. The van der Waals surface area contributed by atoms with Crippen LogP contribution in [-0.2, 0) is 20.9 Å². The number of benzene rings is 1.